The van der Waals surface area contributed by atoms with Crippen LogP contribution >= 0.6 is 0 Å². The second-order valence-corrected chi connectivity index (χ2v) is 8.86. The van der Waals surface area contributed by atoms with Crippen molar-refractivity contribution < 1.29 is 27.5 Å². The first-order valence-electron chi connectivity index (χ1n) is 8.96. The number of amides is 2. The van der Waals surface area contributed by atoms with Crippen LogP contribution in [0, 0.1) is 0 Å². The summed E-state index contributed by atoms with van der Waals surface area (Å²) in [5.74, 6) is -1.75. The van der Waals surface area contributed by atoms with Gasteiger partial charge in [-0.25, -0.2) is 12.7 Å². The summed E-state index contributed by atoms with van der Waals surface area (Å²) in [6.45, 7) is -0.831. The third kappa shape index (κ3) is 6.03. The Balaban J connectivity index is 1.81. The van der Waals surface area contributed by atoms with Gasteiger partial charge in [-0.15, -0.1) is 0 Å². The molecule has 0 aliphatic heterocycles. The molecule has 10 heteroatoms. The molecule has 1 aromatic carbocycles. The maximum Gasteiger partial charge on any atom is 0.325 e. The molecule has 2 N–H and O–H groups in total. The van der Waals surface area contributed by atoms with Gasteiger partial charge < -0.3 is 15.4 Å². The van der Waals surface area contributed by atoms with Gasteiger partial charge in [-0.05, 0) is 31.0 Å². The Morgan fingerprint density at radius 2 is 1.86 bits per heavy atom. The lowest BCUT2D eigenvalue weighted by atomic mass is 10.2. The molecule has 1 saturated carbocycles. The van der Waals surface area contributed by atoms with Crippen molar-refractivity contribution >= 4 is 27.8 Å². The van der Waals surface area contributed by atoms with Crippen LogP contribution in [-0.4, -0.2) is 63.8 Å². The Bertz CT molecular complexity index is 831. The fraction of sp³-hybridized carbons (Fsp3) is 0.500. The van der Waals surface area contributed by atoms with E-state index in [1.807, 2.05) is 0 Å². The van der Waals surface area contributed by atoms with Crippen molar-refractivity contribution in [1.29, 1.82) is 0 Å². The molecule has 0 unspecified atom stereocenters. The minimum Gasteiger partial charge on any atom is -0.454 e. The van der Waals surface area contributed by atoms with E-state index in [4.69, 9.17) is 4.74 Å². The van der Waals surface area contributed by atoms with E-state index in [2.05, 4.69) is 10.6 Å². The van der Waals surface area contributed by atoms with Crippen LogP contribution in [0.1, 0.15) is 36.0 Å². The summed E-state index contributed by atoms with van der Waals surface area (Å²) < 4.78 is 30.1. The molecule has 0 bridgehead atoms. The van der Waals surface area contributed by atoms with E-state index in [0.29, 0.717) is 0 Å². The number of rotatable bonds is 8. The Hall–Kier alpha value is -2.46. The SMILES string of the molecule is CN(C)S(=O)(=O)c1cccc(C(=O)NCC(=O)OCC(=O)NC2CCCC2)c1. The van der Waals surface area contributed by atoms with E-state index < -0.39 is 35.1 Å². The molecule has 1 aliphatic carbocycles. The van der Waals surface area contributed by atoms with E-state index in [1.54, 1.807) is 0 Å². The Labute approximate surface area is 164 Å². The van der Waals surface area contributed by atoms with Crippen LogP contribution < -0.4 is 10.6 Å². The number of esters is 1. The summed E-state index contributed by atoms with van der Waals surface area (Å²) in [4.78, 5) is 35.6. The minimum absolute atomic E-state index is 0.0312. The van der Waals surface area contributed by atoms with Gasteiger partial charge in [0.05, 0.1) is 4.90 Å². The number of hydrogen-bond acceptors (Lipinski definition) is 6. The number of nitrogens with one attached hydrogen (secondary N) is 2. The van der Waals surface area contributed by atoms with Gasteiger partial charge in [0.1, 0.15) is 6.54 Å². The van der Waals surface area contributed by atoms with Gasteiger partial charge >= 0.3 is 5.97 Å². The standard InChI is InChI=1S/C18H25N3O6S/c1-21(2)28(25,26)15-9-5-6-13(10-15)18(24)19-11-17(23)27-12-16(22)20-14-7-3-4-8-14/h5-6,9-10,14H,3-4,7-8,11-12H2,1-2H3,(H,19,24)(H,20,22). The zero-order valence-corrected chi connectivity index (χ0v) is 16.8. The van der Waals surface area contributed by atoms with Crippen LogP contribution in [0.15, 0.2) is 29.2 Å². The first-order valence-corrected chi connectivity index (χ1v) is 10.4. The molecule has 0 heterocycles. The molecule has 1 aliphatic rings. The van der Waals surface area contributed by atoms with Gasteiger partial charge in [0.25, 0.3) is 11.8 Å². The molecule has 1 aromatic rings. The van der Waals surface area contributed by atoms with Gasteiger partial charge in [-0.3, -0.25) is 14.4 Å². The van der Waals surface area contributed by atoms with Crippen LogP contribution in [0.4, 0.5) is 0 Å². The van der Waals surface area contributed by atoms with E-state index in [0.717, 1.165) is 30.0 Å². The zero-order valence-electron chi connectivity index (χ0n) is 15.9. The topological polar surface area (TPSA) is 122 Å². The van der Waals surface area contributed by atoms with Crippen molar-refractivity contribution in [2.75, 3.05) is 27.2 Å². The Kier molecular flexibility index (Phi) is 7.53. The van der Waals surface area contributed by atoms with E-state index in [9.17, 15) is 22.8 Å². The number of sulfonamides is 1. The lowest BCUT2D eigenvalue weighted by molar-refractivity contribution is -0.147. The predicted octanol–water partition coefficient (Wildman–Crippen LogP) is 0.269. The number of hydrogen-bond donors (Lipinski definition) is 2. The summed E-state index contributed by atoms with van der Waals surface area (Å²) in [5.41, 5.74) is 0.0923. The van der Waals surface area contributed by atoms with Gasteiger partial charge in [-0.2, -0.15) is 0 Å². The highest BCUT2D eigenvalue weighted by Gasteiger charge is 2.20. The second-order valence-electron chi connectivity index (χ2n) is 6.71. The highest BCUT2D eigenvalue weighted by molar-refractivity contribution is 7.89. The monoisotopic (exact) mass is 411 g/mol. The largest absolute Gasteiger partial charge is 0.454 e. The number of carbonyl (C=O) groups excluding carboxylic acids is 3. The average Bonchev–Trinajstić information content (AvgIpc) is 3.17. The molecular weight excluding hydrogens is 386 g/mol. The van der Waals surface area contributed by atoms with Crippen molar-refractivity contribution in [3.8, 4) is 0 Å². The molecule has 0 atom stereocenters. The molecule has 28 heavy (non-hydrogen) atoms. The average molecular weight is 411 g/mol. The summed E-state index contributed by atoms with van der Waals surface area (Å²) >= 11 is 0. The van der Waals surface area contributed by atoms with E-state index >= 15 is 0 Å². The van der Waals surface area contributed by atoms with Crippen LogP contribution in [0.2, 0.25) is 0 Å². The molecule has 0 radical (unpaired) electrons. The maximum absolute atomic E-state index is 12.2. The summed E-state index contributed by atoms with van der Waals surface area (Å²) in [6.07, 6.45) is 4.01. The maximum atomic E-state index is 12.2. The van der Waals surface area contributed by atoms with Crippen LogP contribution in [0.25, 0.3) is 0 Å². The number of carbonyl (C=O) groups is 3. The van der Waals surface area contributed by atoms with Gasteiger partial charge in [0, 0.05) is 25.7 Å². The summed E-state index contributed by atoms with van der Waals surface area (Å²) in [5, 5.41) is 5.14. The Morgan fingerprint density at radius 1 is 1.18 bits per heavy atom. The van der Waals surface area contributed by atoms with Crippen molar-refractivity contribution in [3.05, 3.63) is 29.8 Å². The quantitative estimate of drug-likeness (QED) is 0.592. The third-order valence-corrected chi connectivity index (χ3v) is 6.16. The first kappa shape index (κ1) is 21.8. The van der Waals surface area contributed by atoms with E-state index in [1.165, 1.54) is 38.4 Å². The minimum atomic E-state index is -3.68. The van der Waals surface area contributed by atoms with Crippen LogP contribution in [0.5, 0.6) is 0 Å². The number of ether oxygens (including phenoxy) is 1. The third-order valence-electron chi connectivity index (χ3n) is 4.35. The molecule has 2 rings (SSSR count). The lowest BCUT2D eigenvalue weighted by Gasteiger charge is -2.13. The van der Waals surface area contributed by atoms with E-state index in [-0.39, 0.29) is 22.4 Å². The van der Waals surface area contributed by atoms with Crippen molar-refractivity contribution in [1.82, 2.24) is 14.9 Å². The molecule has 2 amide bonds. The Morgan fingerprint density at radius 3 is 2.50 bits per heavy atom. The summed E-state index contributed by atoms with van der Waals surface area (Å²) in [7, 11) is -0.896. The predicted molar refractivity (Wildman–Crippen MR) is 101 cm³/mol. The van der Waals surface area contributed by atoms with Crippen molar-refractivity contribution in [3.63, 3.8) is 0 Å². The van der Waals surface area contributed by atoms with Gasteiger partial charge in [0.15, 0.2) is 6.61 Å². The van der Waals surface area contributed by atoms with Crippen molar-refractivity contribution in [2.24, 2.45) is 0 Å². The van der Waals surface area contributed by atoms with Crippen LogP contribution in [-0.2, 0) is 24.3 Å². The fourth-order valence-electron chi connectivity index (χ4n) is 2.80. The molecule has 1 fully saturated rings. The van der Waals surface area contributed by atoms with Gasteiger partial charge in [-0.1, -0.05) is 18.9 Å². The fourth-order valence-corrected chi connectivity index (χ4v) is 3.75. The normalized spacial score (nSPS) is 14.7. The highest BCUT2D eigenvalue weighted by atomic mass is 32.2. The zero-order chi connectivity index (χ0) is 20.7. The molecule has 154 valence electrons. The molecule has 0 aromatic heterocycles. The molecule has 0 spiro atoms. The molecule has 9 nitrogen and oxygen atoms in total. The summed E-state index contributed by atoms with van der Waals surface area (Å²) in [6, 6.07) is 5.62. The van der Waals surface area contributed by atoms with Crippen LogP contribution in [0.3, 0.4) is 0 Å². The molecule has 0 saturated heterocycles. The number of benzene rings is 1. The second kappa shape index (κ2) is 9.65. The van der Waals surface area contributed by atoms with Gasteiger partial charge in [0.2, 0.25) is 10.0 Å². The number of nitrogens with zero attached hydrogens (tertiary/aromatic N) is 1. The van der Waals surface area contributed by atoms with Crippen molar-refractivity contribution in [2.45, 2.75) is 36.6 Å². The lowest BCUT2D eigenvalue weighted by Crippen LogP contribution is -2.37. The highest BCUT2D eigenvalue weighted by Crippen LogP contribution is 2.17. The first-order chi connectivity index (χ1) is 13.2. The molecular formula is C18H25N3O6S. The smallest absolute Gasteiger partial charge is 0.325 e.